The standard InChI is InChI=1S/C78H153NO10/c1-3-5-7-9-11-13-15-17-19-21-23-25-27-29-31-33-35-36-38-39-41-43-45-47-49-51-53-55-57-59-61-63-65-70(81)73(83)69(68-88-78-76(86)75(85)74(84)72(67-80)89-78)79-77(87)71(82)66-64-62-60-58-56-54-52-50-48-46-44-42-40-37-34-32-30-28-26-24-22-20-18-16-14-12-10-8-6-4-2/h30,32,69-76,78,80-86H,3-29,31,33-68H2,1-2H3,(H,79,87)/b32-30-. The first-order valence-corrected chi connectivity index (χ1v) is 39.6. The average molecular weight is 1270 g/mol. The number of ether oxygens (including phenoxy) is 2. The van der Waals surface area contributed by atoms with Crippen molar-refractivity contribution in [3.05, 3.63) is 12.2 Å². The zero-order valence-electron chi connectivity index (χ0n) is 59.0. The third kappa shape index (κ3) is 53.8. The number of unbranched alkanes of at least 4 members (excludes halogenated alkanes) is 57. The number of carbonyl (C=O) groups is 1. The Morgan fingerprint density at radius 3 is 0.944 bits per heavy atom. The van der Waals surface area contributed by atoms with E-state index >= 15 is 0 Å². The molecule has 9 unspecified atom stereocenters. The number of carbonyl (C=O) groups excluding carboxylic acids is 1. The highest BCUT2D eigenvalue weighted by molar-refractivity contribution is 5.80. The molecule has 0 aromatic heterocycles. The number of nitrogens with one attached hydrogen (secondary N) is 1. The van der Waals surface area contributed by atoms with Crippen LogP contribution in [0.5, 0.6) is 0 Å². The van der Waals surface area contributed by atoms with Gasteiger partial charge in [-0.25, -0.2) is 0 Å². The molecule has 1 aliphatic heterocycles. The molecule has 0 aromatic carbocycles. The predicted molar refractivity (Wildman–Crippen MR) is 376 cm³/mol. The van der Waals surface area contributed by atoms with E-state index in [0.29, 0.717) is 19.3 Å². The van der Waals surface area contributed by atoms with E-state index in [1.165, 1.54) is 334 Å². The van der Waals surface area contributed by atoms with Gasteiger partial charge in [0, 0.05) is 0 Å². The summed E-state index contributed by atoms with van der Waals surface area (Å²) in [5.41, 5.74) is 0. The van der Waals surface area contributed by atoms with E-state index in [2.05, 4.69) is 31.3 Å². The van der Waals surface area contributed by atoms with Crippen LogP contribution in [0, 0.1) is 0 Å². The van der Waals surface area contributed by atoms with Gasteiger partial charge >= 0.3 is 0 Å². The number of aliphatic hydroxyl groups is 7. The highest BCUT2D eigenvalue weighted by Crippen LogP contribution is 2.25. The van der Waals surface area contributed by atoms with Crippen molar-refractivity contribution in [2.24, 2.45) is 0 Å². The van der Waals surface area contributed by atoms with E-state index in [1.807, 2.05) is 0 Å². The molecule has 0 radical (unpaired) electrons. The molecule has 0 aliphatic carbocycles. The van der Waals surface area contributed by atoms with Gasteiger partial charge in [0.25, 0.3) is 0 Å². The second-order valence-corrected chi connectivity index (χ2v) is 28.1. The molecule has 0 saturated carbocycles. The normalized spacial score (nSPS) is 18.5. The summed E-state index contributed by atoms with van der Waals surface area (Å²) in [7, 11) is 0. The van der Waals surface area contributed by atoms with Crippen LogP contribution in [0.15, 0.2) is 12.2 Å². The molecule has 0 spiro atoms. The number of hydrogen-bond donors (Lipinski definition) is 8. The summed E-state index contributed by atoms with van der Waals surface area (Å²) < 4.78 is 11.2. The first kappa shape index (κ1) is 85.9. The van der Waals surface area contributed by atoms with Gasteiger partial charge in [-0.3, -0.25) is 4.79 Å². The van der Waals surface area contributed by atoms with Crippen LogP contribution in [0.2, 0.25) is 0 Å². The van der Waals surface area contributed by atoms with Crippen molar-refractivity contribution < 1.29 is 50.0 Å². The van der Waals surface area contributed by atoms with Crippen LogP contribution in [0.4, 0.5) is 0 Å². The third-order valence-electron chi connectivity index (χ3n) is 19.6. The predicted octanol–water partition coefficient (Wildman–Crippen LogP) is 20.2. The highest BCUT2D eigenvalue weighted by Gasteiger charge is 2.44. The second kappa shape index (κ2) is 66.9. The lowest BCUT2D eigenvalue weighted by Crippen LogP contribution is -2.60. The Labute approximate surface area is 551 Å². The van der Waals surface area contributed by atoms with E-state index < -0.39 is 74.2 Å². The number of amides is 1. The summed E-state index contributed by atoms with van der Waals surface area (Å²) in [6.07, 6.45) is 73.2. The number of allylic oxidation sites excluding steroid dienone is 2. The lowest BCUT2D eigenvalue weighted by atomic mass is 9.98. The van der Waals surface area contributed by atoms with Crippen LogP contribution < -0.4 is 5.32 Å². The van der Waals surface area contributed by atoms with Crippen molar-refractivity contribution in [3.63, 3.8) is 0 Å². The largest absolute Gasteiger partial charge is 0.394 e. The van der Waals surface area contributed by atoms with Crippen molar-refractivity contribution in [1.82, 2.24) is 5.32 Å². The lowest BCUT2D eigenvalue weighted by molar-refractivity contribution is -0.303. The summed E-state index contributed by atoms with van der Waals surface area (Å²) in [6.45, 7) is 3.54. The van der Waals surface area contributed by atoms with Crippen molar-refractivity contribution in [2.75, 3.05) is 13.2 Å². The maximum absolute atomic E-state index is 13.3. The fraction of sp³-hybridized carbons (Fsp3) is 0.962. The van der Waals surface area contributed by atoms with Crippen LogP contribution in [0.25, 0.3) is 0 Å². The molecular formula is C78H153NO10. The van der Waals surface area contributed by atoms with Gasteiger partial charge in [0.2, 0.25) is 5.91 Å². The van der Waals surface area contributed by atoms with Crippen molar-refractivity contribution in [1.29, 1.82) is 0 Å². The van der Waals surface area contributed by atoms with Gasteiger partial charge in [0.15, 0.2) is 6.29 Å². The van der Waals surface area contributed by atoms with E-state index in [-0.39, 0.29) is 6.42 Å². The SMILES string of the molecule is CCCCCCCCCCCCCC/C=C\CCCCCCCCCCCCCCCCC(O)C(=O)NC(COC1OC(CO)C(O)C(O)C1O)C(O)C(O)CCCCCCCCCCCCCCCCCCCCCCCCCCCCCCCCCC. The molecule has 11 heteroatoms. The molecule has 1 aliphatic rings. The molecule has 8 N–H and O–H groups in total. The lowest BCUT2D eigenvalue weighted by Gasteiger charge is -2.40. The Morgan fingerprint density at radius 1 is 0.382 bits per heavy atom. The first-order chi connectivity index (χ1) is 43.7. The molecule has 9 atom stereocenters. The smallest absolute Gasteiger partial charge is 0.249 e. The Hall–Kier alpha value is -1.15. The molecule has 11 nitrogen and oxygen atoms in total. The van der Waals surface area contributed by atoms with Gasteiger partial charge < -0.3 is 50.5 Å². The maximum atomic E-state index is 13.3. The summed E-state index contributed by atoms with van der Waals surface area (Å²) in [5, 5.41) is 76.8. The van der Waals surface area contributed by atoms with Crippen LogP contribution in [0.3, 0.4) is 0 Å². The summed E-state index contributed by atoms with van der Waals surface area (Å²) in [5.74, 6) is -0.688. The number of rotatable bonds is 71. The molecule has 89 heavy (non-hydrogen) atoms. The number of aliphatic hydroxyl groups excluding tert-OH is 7. The Morgan fingerprint density at radius 2 is 0.652 bits per heavy atom. The molecule has 0 aromatic rings. The number of hydrogen-bond acceptors (Lipinski definition) is 10. The van der Waals surface area contributed by atoms with Crippen LogP contribution in [0.1, 0.15) is 412 Å². The molecule has 530 valence electrons. The van der Waals surface area contributed by atoms with Crippen LogP contribution in [-0.4, -0.2) is 110 Å². The summed E-state index contributed by atoms with van der Waals surface area (Å²) >= 11 is 0. The first-order valence-electron chi connectivity index (χ1n) is 39.6. The molecular weight excluding hydrogens is 1110 g/mol. The van der Waals surface area contributed by atoms with Gasteiger partial charge in [-0.1, -0.05) is 386 Å². The van der Waals surface area contributed by atoms with Crippen LogP contribution in [-0.2, 0) is 14.3 Å². The molecule has 0 bridgehead atoms. The average Bonchev–Trinajstić information content (AvgIpc) is 3.68. The Bertz CT molecular complexity index is 1450. The van der Waals surface area contributed by atoms with E-state index in [4.69, 9.17) is 9.47 Å². The fourth-order valence-electron chi connectivity index (χ4n) is 13.3. The highest BCUT2D eigenvalue weighted by atomic mass is 16.7. The summed E-state index contributed by atoms with van der Waals surface area (Å²) in [6, 6.07) is -1.17. The van der Waals surface area contributed by atoms with E-state index in [0.717, 1.165) is 38.5 Å². The quantitative estimate of drug-likeness (QED) is 0.0215. The topological polar surface area (TPSA) is 189 Å². The minimum absolute atomic E-state index is 0.265. The van der Waals surface area contributed by atoms with Gasteiger partial charge in [-0.2, -0.15) is 0 Å². The maximum Gasteiger partial charge on any atom is 0.249 e. The van der Waals surface area contributed by atoms with Crippen molar-refractivity contribution >= 4 is 5.91 Å². The fourth-order valence-corrected chi connectivity index (χ4v) is 13.3. The molecule has 1 amide bonds. The van der Waals surface area contributed by atoms with Crippen molar-refractivity contribution in [3.8, 4) is 0 Å². The molecule has 1 saturated heterocycles. The monoisotopic (exact) mass is 1260 g/mol. The van der Waals surface area contributed by atoms with Gasteiger partial charge in [0.05, 0.1) is 25.4 Å². The van der Waals surface area contributed by atoms with Crippen LogP contribution >= 0.6 is 0 Å². The Kier molecular flexibility index (Phi) is 64.5. The third-order valence-corrected chi connectivity index (χ3v) is 19.6. The molecule has 1 rings (SSSR count). The van der Waals surface area contributed by atoms with Gasteiger partial charge in [-0.05, 0) is 38.5 Å². The Balaban J connectivity index is 2.13. The second-order valence-electron chi connectivity index (χ2n) is 28.1. The zero-order chi connectivity index (χ0) is 64.6. The zero-order valence-corrected chi connectivity index (χ0v) is 59.0. The molecule has 1 fully saturated rings. The summed E-state index contributed by atoms with van der Waals surface area (Å²) in [4.78, 5) is 13.3. The van der Waals surface area contributed by atoms with E-state index in [9.17, 15) is 40.5 Å². The minimum atomic E-state index is -1.66. The minimum Gasteiger partial charge on any atom is -0.394 e. The van der Waals surface area contributed by atoms with Crippen molar-refractivity contribution in [2.45, 2.75) is 467 Å². The molecule has 1 heterocycles. The van der Waals surface area contributed by atoms with E-state index in [1.54, 1.807) is 0 Å². The van der Waals surface area contributed by atoms with Gasteiger partial charge in [-0.15, -0.1) is 0 Å². The van der Waals surface area contributed by atoms with Gasteiger partial charge in [0.1, 0.15) is 36.6 Å².